The first-order chi connectivity index (χ1) is 7.10. The number of aliphatic hydroxyl groups excluding tert-OH is 1. The van der Waals surface area contributed by atoms with Crippen LogP contribution in [0.3, 0.4) is 0 Å². The van der Waals surface area contributed by atoms with Crippen molar-refractivity contribution in [2.45, 2.75) is 6.10 Å². The van der Waals surface area contributed by atoms with Crippen LogP contribution in [0.15, 0.2) is 16.6 Å². The van der Waals surface area contributed by atoms with Crippen molar-refractivity contribution in [1.82, 2.24) is 5.32 Å². The molecule has 1 unspecified atom stereocenters. The summed E-state index contributed by atoms with van der Waals surface area (Å²) < 4.78 is 18.6. The van der Waals surface area contributed by atoms with E-state index in [9.17, 15) is 9.50 Å². The van der Waals surface area contributed by atoms with E-state index in [0.717, 1.165) is 0 Å². The largest absolute Gasteiger partial charge is 0.497 e. The van der Waals surface area contributed by atoms with Gasteiger partial charge in [-0.05, 0) is 29.0 Å². The fourth-order valence-corrected chi connectivity index (χ4v) is 1.74. The average Bonchev–Trinajstić information content (AvgIpc) is 2.22. The lowest BCUT2D eigenvalue weighted by atomic mass is 10.1. The molecule has 84 valence electrons. The number of methoxy groups -OCH3 is 1. The summed E-state index contributed by atoms with van der Waals surface area (Å²) >= 11 is 3.10. The van der Waals surface area contributed by atoms with Crippen LogP contribution in [0.2, 0.25) is 0 Å². The molecule has 0 saturated heterocycles. The van der Waals surface area contributed by atoms with Gasteiger partial charge in [-0.2, -0.15) is 0 Å². The maximum absolute atomic E-state index is 13.4. The van der Waals surface area contributed by atoms with Crippen molar-refractivity contribution in [3.05, 3.63) is 28.0 Å². The second-order valence-corrected chi connectivity index (χ2v) is 3.88. The normalized spacial score (nSPS) is 12.6. The minimum absolute atomic E-state index is 0.269. The quantitative estimate of drug-likeness (QED) is 0.883. The molecular weight excluding hydrogens is 265 g/mol. The lowest BCUT2D eigenvalue weighted by molar-refractivity contribution is 0.176. The van der Waals surface area contributed by atoms with Gasteiger partial charge in [-0.15, -0.1) is 0 Å². The Kier molecular flexibility index (Phi) is 4.50. The molecule has 1 rings (SSSR count). The van der Waals surface area contributed by atoms with Crippen molar-refractivity contribution >= 4 is 15.9 Å². The highest BCUT2D eigenvalue weighted by Gasteiger charge is 2.15. The maximum atomic E-state index is 13.4. The molecule has 0 heterocycles. The van der Waals surface area contributed by atoms with Crippen LogP contribution in [-0.4, -0.2) is 25.8 Å². The van der Waals surface area contributed by atoms with Gasteiger partial charge in [0.15, 0.2) is 0 Å². The summed E-state index contributed by atoms with van der Waals surface area (Å²) in [5.41, 5.74) is 0.473. The van der Waals surface area contributed by atoms with E-state index in [4.69, 9.17) is 4.74 Å². The summed E-state index contributed by atoms with van der Waals surface area (Å²) in [6.07, 6.45) is -0.769. The molecule has 2 N–H and O–H groups in total. The molecule has 15 heavy (non-hydrogen) atoms. The number of rotatable bonds is 4. The zero-order valence-corrected chi connectivity index (χ0v) is 10.1. The van der Waals surface area contributed by atoms with E-state index in [0.29, 0.717) is 17.9 Å². The van der Waals surface area contributed by atoms with Crippen molar-refractivity contribution in [3.8, 4) is 5.75 Å². The minimum Gasteiger partial charge on any atom is -0.497 e. The van der Waals surface area contributed by atoms with Crippen LogP contribution in [0.4, 0.5) is 4.39 Å². The molecule has 1 aromatic rings. The molecule has 0 aliphatic rings. The molecule has 0 bridgehead atoms. The number of aliphatic hydroxyl groups is 1. The van der Waals surface area contributed by atoms with Gasteiger partial charge in [-0.25, -0.2) is 4.39 Å². The lowest BCUT2D eigenvalue weighted by Gasteiger charge is -2.14. The van der Waals surface area contributed by atoms with Gasteiger partial charge in [0.2, 0.25) is 0 Å². The Balaban J connectivity index is 3.09. The Morgan fingerprint density at radius 1 is 1.60 bits per heavy atom. The lowest BCUT2D eigenvalue weighted by Crippen LogP contribution is -2.17. The van der Waals surface area contributed by atoms with Gasteiger partial charge in [0, 0.05) is 18.2 Å². The molecule has 0 aliphatic heterocycles. The molecule has 1 atom stereocenters. The second-order valence-electron chi connectivity index (χ2n) is 3.09. The summed E-state index contributed by atoms with van der Waals surface area (Å²) in [6, 6.07) is 2.87. The first kappa shape index (κ1) is 12.4. The highest BCUT2D eigenvalue weighted by Crippen LogP contribution is 2.30. The van der Waals surface area contributed by atoms with Crippen LogP contribution < -0.4 is 10.1 Å². The van der Waals surface area contributed by atoms with E-state index < -0.39 is 11.9 Å². The molecule has 0 spiro atoms. The van der Waals surface area contributed by atoms with E-state index >= 15 is 0 Å². The van der Waals surface area contributed by atoms with Crippen LogP contribution >= 0.6 is 15.9 Å². The number of nitrogens with one attached hydrogen (secondary N) is 1. The molecule has 0 saturated carbocycles. The number of ether oxygens (including phenoxy) is 1. The summed E-state index contributed by atoms with van der Waals surface area (Å²) in [6.45, 7) is 0.352. The van der Waals surface area contributed by atoms with Crippen molar-refractivity contribution in [2.75, 3.05) is 20.7 Å². The third-order valence-electron chi connectivity index (χ3n) is 2.02. The minimum atomic E-state index is -0.769. The van der Waals surface area contributed by atoms with E-state index in [2.05, 4.69) is 21.2 Å². The van der Waals surface area contributed by atoms with Crippen LogP contribution in [0, 0.1) is 5.82 Å². The zero-order chi connectivity index (χ0) is 11.4. The van der Waals surface area contributed by atoms with E-state index in [1.807, 2.05) is 0 Å². The maximum Gasteiger partial charge on any atom is 0.141 e. The molecule has 3 nitrogen and oxygen atoms in total. The molecule has 1 aromatic carbocycles. The third kappa shape index (κ3) is 2.90. The van der Waals surface area contributed by atoms with Gasteiger partial charge >= 0.3 is 0 Å². The van der Waals surface area contributed by atoms with Gasteiger partial charge in [0.25, 0.3) is 0 Å². The van der Waals surface area contributed by atoms with Crippen molar-refractivity contribution in [2.24, 2.45) is 0 Å². The number of hydrogen-bond donors (Lipinski definition) is 2. The fourth-order valence-electron chi connectivity index (χ4n) is 1.25. The van der Waals surface area contributed by atoms with E-state index in [-0.39, 0.29) is 4.47 Å². The Hall–Kier alpha value is -0.650. The molecule has 0 aliphatic carbocycles. The Morgan fingerprint density at radius 2 is 2.27 bits per heavy atom. The standard InChI is InChI=1S/C10H13BrFNO2/c1-13-5-9(14)7-3-6(15-2)4-8(12)10(7)11/h3-4,9,13-14H,5H2,1-2H3. The molecule has 0 aromatic heterocycles. The molecule has 0 amide bonds. The monoisotopic (exact) mass is 277 g/mol. The molecular formula is C10H13BrFNO2. The van der Waals surface area contributed by atoms with E-state index in [1.54, 1.807) is 13.1 Å². The van der Waals surface area contributed by atoms with Crippen molar-refractivity contribution < 1.29 is 14.2 Å². The predicted molar refractivity (Wildman–Crippen MR) is 59.5 cm³/mol. The van der Waals surface area contributed by atoms with Crippen LogP contribution in [0.25, 0.3) is 0 Å². The zero-order valence-electron chi connectivity index (χ0n) is 8.55. The van der Waals surface area contributed by atoms with Crippen molar-refractivity contribution in [1.29, 1.82) is 0 Å². The topological polar surface area (TPSA) is 41.5 Å². The summed E-state index contributed by atoms with van der Waals surface area (Å²) in [5.74, 6) is -0.0552. The van der Waals surface area contributed by atoms with Crippen LogP contribution in [-0.2, 0) is 0 Å². The van der Waals surface area contributed by atoms with Gasteiger partial charge in [-0.3, -0.25) is 0 Å². The third-order valence-corrected chi connectivity index (χ3v) is 2.86. The smallest absolute Gasteiger partial charge is 0.141 e. The molecule has 0 fully saturated rings. The second kappa shape index (κ2) is 5.44. The van der Waals surface area contributed by atoms with Gasteiger partial charge in [0.05, 0.1) is 17.7 Å². The van der Waals surface area contributed by atoms with Crippen LogP contribution in [0.5, 0.6) is 5.75 Å². The highest BCUT2D eigenvalue weighted by molar-refractivity contribution is 9.10. The number of halogens is 2. The van der Waals surface area contributed by atoms with E-state index in [1.165, 1.54) is 13.2 Å². The summed E-state index contributed by atoms with van der Waals surface area (Å²) in [4.78, 5) is 0. The fraction of sp³-hybridized carbons (Fsp3) is 0.400. The number of hydrogen-bond acceptors (Lipinski definition) is 3. The van der Waals surface area contributed by atoms with Crippen molar-refractivity contribution in [3.63, 3.8) is 0 Å². The predicted octanol–water partition coefficient (Wildman–Crippen LogP) is 1.85. The Labute approximate surface area is 96.4 Å². The van der Waals surface area contributed by atoms with Gasteiger partial charge < -0.3 is 15.2 Å². The van der Waals surface area contributed by atoms with Gasteiger partial charge in [-0.1, -0.05) is 0 Å². The summed E-state index contributed by atoms with van der Waals surface area (Å²) in [7, 11) is 3.17. The van der Waals surface area contributed by atoms with Gasteiger partial charge in [0.1, 0.15) is 11.6 Å². The molecule has 5 heteroatoms. The Bertz CT molecular complexity index is 346. The first-order valence-corrected chi connectivity index (χ1v) is 5.25. The highest BCUT2D eigenvalue weighted by atomic mass is 79.9. The van der Waals surface area contributed by atoms with Crippen LogP contribution in [0.1, 0.15) is 11.7 Å². The average molecular weight is 278 g/mol. The SMILES string of the molecule is CNCC(O)c1cc(OC)cc(F)c1Br. The number of likely N-dealkylation sites (N-methyl/N-ethyl adjacent to an activating group) is 1. The molecule has 0 radical (unpaired) electrons. The number of benzene rings is 1. The Morgan fingerprint density at radius 3 is 2.80 bits per heavy atom. The summed E-state index contributed by atoms with van der Waals surface area (Å²) in [5, 5.41) is 12.5. The first-order valence-electron chi connectivity index (χ1n) is 4.45.